The first-order valence-corrected chi connectivity index (χ1v) is 7.19. The maximum absolute atomic E-state index is 11.1. The van der Waals surface area contributed by atoms with Crippen molar-refractivity contribution in [1.82, 2.24) is 0 Å². The SMILES string of the molecule is CCOc1cccc(C=O)c1OCc1cc(Cl)ccc1Cl. The number of ether oxygens (including phenoxy) is 2. The Balaban J connectivity index is 2.26. The van der Waals surface area contributed by atoms with Gasteiger partial charge >= 0.3 is 0 Å². The third-order valence-electron chi connectivity index (χ3n) is 2.82. The van der Waals surface area contributed by atoms with E-state index in [1.54, 1.807) is 36.4 Å². The highest BCUT2D eigenvalue weighted by Crippen LogP contribution is 2.32. The van der Waals surface area contributed by atoms with Crippen LogP contribution < -0.4 is 9.47 Å². The molecule has 2 rings (SSSR count). The lowest BCUT2D eigenvalue weighted by atomic mass is 10.2. The molecule has 0 saturated carbocycles. The van der Waals surface area contributed by atoms with Crippen molar-refractivity contribution in [2.75, 3.05) is 6.61 Å². The molecule has 0 aliphatic rings. The van der Waals surface area contributed by atoms with Gasteiger partial charge in [-0.1, -0.05) is 29.3 Å². The van der Waals surface area contributed by atoms with E-state index in [1.165, 1.54) is 0 Å². The lowest BCUT2D eigenvalue weighted by molar-refractivity contribution is 0.111. The van der Waals surface area contributed by atoms with E-state index in [2.05, 4.69) is 0 Å². The Bertz CT molecular complexity index is 641. The summed E-state index contributed by atoms with van der Waals surface area (Å²) in [6, 6.07) is 10.3. The van der Waals surface area contributed by atoms with Gasteiger partial charge in [-0.05, 0) is 37.3 Å². The maximum Gasteiger partial charge on any atom is 0.172 e. The lowest BCUT2D eigenvalue weighted by Crippen LogP contribution is -2.02. The van der Waals surface area contributed by atoms with Crippen LogP contribution in [0.2, 0.25) is 10.0 Å². The molecule has 0 heterocycles. The number of carbonyl (C=O) groups excluding carboxylic acids is 1. The van der Waals surface area contributed by atoms with E-state index in [4.69, 9.17) is 32.7 Å². The molecule has 0 saturated heterocycles. The molecule has 0 amide bonds. The Hall–Kier alpha value is -1.71. The first kappa shape index (κ1) is 15.7. The van der Waals surface area contributed by atoms with E-state index in [1.807, 2.05) is 6.92 Å². The Morgan fingerprint density at radius 3 is 2.67 bits per heavy atom. The summed E-state index contributed by atoms with van der Waals surface area (Å²) in [5.41, 5.74) is 1.17. The van der Waals surface area contributed by atoms with Crippen LogP contribution in [0.5, 0.6) is 11.5 Å². The highest BCUT2D eigenvalue weighted by molar-refractivity contribution is 6.33. The second-order valence-electron chi connectivity index (χ2n) is 4.25. The molecule has 0 N–H and O–H groups in total. The summed E-state index contributed by atoms with van der Waals surface area (Å²) in [6.45, 7) is 2.55. The predicted octanol–water partition coefficient (Wildman–Crippen LogP) is 4.78. The Morgan fingerprint density at radius 1 is 1.14 bits per heavy atom. The van der Waals surface area contributed by atoms with E-state index in [0.717, 1.165) is 11.8 Å². The van der Waals surface area contributed by atoms with Crippen LogP contribution >= 0.6 is 23.2 Å². The second-order valence-corrected chi connectivity index (χ2v) is 5.09. The van der Waals surface area contributed by atoms with Crippen LogP contribution in [0.15, 0.2) is 36.4 Å². The fourth-order valence-corrected chi connectivity index (χ4v) is 2.22. The molecule has 0 atom stereocenters. The van der Waals surface area contributed by atoms with Crippen LogP contribution in [-0.4, -0.2) is 12.9 Å². The summed E-state index contributed by atoms with van der Waals surface area (Å²) in [5, 5.41) is 1.13. The van der Waals surface area contributed by atoms with Gasteiger partial charge in [0.15, 0.2) is 17.8 Å². The fraction of sp³-hybridized carbons (Fsp3) is 0.188. The zero-order chi connectivity index (χ0) is 15.2. The summed E-state index contributed by atoms with van der Waals surface area (Å²) in [7, 11) is 0. The van der Waals surface area contributed by atoms with Crippen molar-refractivity contribution in [3.63, 3.8) is 0 Å². The quantitative estimate of drug-likeness (QED) is 0.717. The summed E-state index contributed by atoms with van der Waals surface area (Å²) in [6.07, 6.45) is 0.734. The maximum atomic E-state index is 11.1. The van der Waals surface area contributed by atoms with Crippen LogP contribution in [0.25, 0.3) is 0 Å². The first-order chi connectivity index (χ1) is 10.2. The van der Waals surface area contributed by atoms with E-state index >= 15 is 0 Å². The van der Waals surface area contributed by atoms with E-state index in [9.17, 15) is 4.79 Å². The molecule has 21 heavy (non-hydrogen) atoms. The van der Waals surface area contributed by atoms with Gasteiger partial charge in [0, 0.05) is 15.6 Å². The number of aldehydes is 1. The Morgan fingerprint density at radius 2 is 1.95 bits per heavy atom. The molecule has 2 aromatic rings. The van der Waals surface area contributed by atoms with Crippen molar-refractivity contribution in [2.24, 2.45) is 0 Å². The molecular weight excluding hydrogens is 311 g/mol. The molecule has 0 unspecified atom stereocenters. The molecule has 3 nitrogen and oxygen atoms in total. The number of hydrogen-bond acceptors (Lipinski definition) is 3. The van der Waals surface area contributed by atoms with Gasteiger partial charge < -0.3 is 9.47 Å². The number of benzene rings is 2. The van der Waals surface area contributed by atoms with Crippen LogP contribution in [-0.2, 0) is 6.61 Å². The number of rotatable bonds is 6. The molecule has 0 radical (unpaired) electrons. The topological polar surface area (TPSA) is 35.5 Å². The monoisotopic (exact) mass is 324 g/mol. The minimum Gasteiger partial charge on any atom is -0.490 e. The number of halogens is 2. The standard InChI is InChI=1S/C16H14Cl2O3/c1-2-20-15-5-3-4-11(9-19)16(15)21-10-12-8-13(17)6-7-14(12)18/h3-9H,2,10H2,1H3. The second kappa shape index (κ2) is 7.34. The Kier molecular flexibility index (Phi) is 5.48. The molecule has 110 valence electrons. The molecule has 0 aromatic heterocycles. The van der Waals surface area contributed by atoms with Gasteiger partial charge in [0.05, 0.1) is 12.2 Å². The van der Waals surface area contributed by atoms with Gasteiger partial charge in [-0.15, -0.1) is 0 Å². The number of para-hydroxylation sites is 1. The largest absolute Gasteiger partial charge is 0.490 e. The van der Waals surface area contributed by atoms with E-state index in [0.29, 0.717) is 33.7 Å². The first-order valence-electron chi connectivity index (χ1n) is 6.43. The van der Waals surface area contributed by atoms with Gasteiger partial charge in [0.1, 0.15) is 6.61 Å². The fourth-order valence-electron chi connectivity index (χ4n) is 1.85. The summed E-state index contributed by atoms with van der Waals surface area (Å²) in [5.74, 6) is 0.936. The molecule has 5 heteroatoms. The minimum absolute atomic E-state index is 0.199. The molecule has 2 aromatic carbocycles. The van der Waals surface area contributed by atoms with Crippen molar-refractivity contribution in [3.05, 3.63) is 57.6 Å². The van der Waals surface area contributed by atoms with Crippen LogP contribution in [0.1, 0.15) is 22.8 Å². The smallest absolute Gasteiger partial charge is 0.172 e. The van der Waals surface area contributed by atoms with Crippen LogP contribution in [0.3, 0.4) is 0 Å². The van der Waals surface area contributed by atoms with Gasteiger partial charge in [-0.25, -0.2) is 0 Å². The van der Waals surface area contributed by atoms with Crippen LogP contribution in [0.4, 0.5) is 0 Å². The number of hydrogen-bond donors (Lipinski definition) is 0. The van der Waals surface area contributed by atoms with E-state index in [-0.39, 0.29) is 6.61 Å². The zero-order valence-corrected chi connectivity index (χ0v) is 12.9. The minimum atomic E-state index is 0.199. The van der Waals surface area contributed by atoms with Crippen molar-refractivity contribution in [2.45, 2.75) is 13.5 Å². The molecule has 0 bridgehead atoms. The average Bonchev–Trinajstić information content (AvgIpc) is 2.49. The van der Waals surface area contributed by atoms with Gasteiger partial charge in [-0.2, -0.15) is 0 Å². The summed E-state index contributed by atoms with van der Waals surface area (Å²) in [4.78, 5) is 11.1. The highest BCUT2D eigenvalue weighted by atomic mass is 35.5. The van der Waals surface area contributed by atoms with Gasteiger partial charge in [0.2, 0.25) is 0 Å². The molecule has 0 spiro atoms. The van der Waals surface area contributed by atoms with Crippen molar-refractivity contribution >= 4 is 29.5 Å². The van der Waals surface area contributed by atoms with Gasteiger partial charge in [-0.3, -0.25) is 4.79 Å². The highest BCUT2D eigenvalue weighted by Gasteiger charge is 2.12. The van der Waals surface area contributed by atoms with E-state index < -0.39 is 0 Å². The Labute approximate surface area is 133 Å². The molecular formula is C16H14Cl2O3. The third kappa shape index (κ3) is 3.90. The summed E-state index contributed by atoms with van der Waals surface area (Å²) < 4.78 is 11.2. The predicted molar refractivity (Wildman–Crippen MR) is 83.8 cm³/mol. The lowest BCUT2D eigenvalue weighted by Gasteiger charge is -2.14. The molecule has 0 aliphatic carbocycles. The average molecular weight is 325 g/mol. The van der Waals surface area contributed by atoms with Crippen molar-refractivity contribution in [1.29, 1.82) is 0 Å². The third-order valence-corrected chi connectivity index (χ3v) is 3.42. The van der Waals surface area contributed by atoms with Crippen molar-refractivity contribution in [3.8, 4) is 11.5 Å². The normalized spacial score (nSPS) is 10.2. The molecule has 0 fully saturated rings. The van der Waals surface area contributed by atoms with Crippen LogP contribution in [0, 0.1) is 0 Å². The molecule has 0 aliphatic heterocycles. The van der Waals surface area contributed by atoms with Gasteiger partial charge in [0.25, 0.3) is 0 Å². The zero-order valence-electron chi connectivity index (χ0n) is 11.4. The summed E-state index contributed by atoms with van der Waals surface area (Å²) >= 11 is 12.0. The number of carbonyl (C=O) groups is 1. The van der Waals surface area contributed by atoms with Crippen molar-refractivity contribution < 1.29 is 14.3 Å².